The molecule has 216 valence electrons. The molecular weight excluding hydrogens is 486 g/mol. The first-order valence-corrected chi connectivity index (χ1v) is 15.5. The summed E-state index contributed by atoms with van der Waals surface area (Å²) < 4.78 is 31.6. The van der Waals surface area contributed by atoms with Crippen LogP contribution in [-0.4, -0.2) is 54.8 Å². The number of hydrogen-bond acceptors (Lipinski definition) is 4. The Kier molecular flexibility index (Phi) is 14.3. The number of fused-ring (bicyclic) bond motifs is 1. The van der Waals surface area contributed by atoms with Crippen molar-refractivity contribution in [3.8, 4) is 0 Å². The maximum atomic E-state index is 10.0. The molecule has 0 saturated heterocycles. The second-order valence-electron chi connectivity index (χ2n) is 12.6. The highest BCUT2D eigenvalue weighted by atomic mass is 32.3. The molecule has 0 radical (unpaired) electrons. The fourth-order valence-electron chi connectivity index (χ4n) is 6.66. The Balaban J connectivity index is 0.000000657. The van der Waals surface area contributed by atoms with E-state index in [2.05, 4.69) is 46.4 Å². The summed E-state index contributed by atoms with van der Waals surface area (Å²) in [5.74, 6) is 3.37. The molecule has 3 rings (SSSR count). The number of nitrogens with zero attached hydrogens (tertiary/aromatic N) is 1. The van der Waals surface area contributed by atoms with E-state index in [1.54, 1.807) is 5.57 Å². The minimum Gasteiger partial charge on any atom is -0.393 e. The Morgan fingerprint density at radius 3 is 2.22 bits per heavy atom. The third kappa shape index (κ3) is 12.6. The van der Waals surface area contributed by atoms with Gasteiger partial charge < -0.3 is 10.0 Å². The van der Waals surface area contributed by atoms with E-state index in [9.17, 15) is 5.11 Å². The van der Waals surface area contributed by atoms with Crippen LogP contribution in [0.4, 0.5) is 0 Å². The first-order valence-electron chi connectivity index (χ1n) is 14.1. The van der Waals surface area contributed by atoms with Crippen LogP contribution in [0.3, 0.4) is 0 Å². The van der Waals surface area contributed by atoms with Crippen LogP contribution in [0.25, 0.3) is 0 Å². The van der Waals surface area contributed by atoms with Crippen LogP contribution in [0.1, 0.15) is 98.3 Å². The first kappa shape index (κ1) is 34.0. The standard InChI is InChI=1S/C27H44O.C3H9N.H2O4S/c1-19(2)8-6-9-21(4)25-15-16-26-22(10-7-17-27(25,26)5)12-13-23-18-24(28)14-11-20(23)3;1-4(2)3;1-5(2,3)4/h12-13,19,21,24-26,28H,3,6-11,14-18H2,1-2,4-5H3;1-3H3;(H2,1,2,3,4)/b22-12+,23-13+;;/t21?,24-,25+,26-,27+;;/m0../s1. The van der Waals surface area contributed by atoms with Crippen LogP contribution in [-0.2, 0) is 10.4 Å². The monoisotopic (exact) mass is 541 g/mol. The van der Waals surface area contributed by atoms with Crippen LogP contribution >= 0.6 is 0 Å². The molecule has 0 aromatic rings. The van der Waals surface area contributed by atoms with Crippen molar-refractivity contribution in [1.29, 1.82) is 0 Å². The summed E-state index contributed by atoms with van der Waals surface area (Å²) >= 11 is 0. The van der Waals surface area contributed by atoms with Gasteiger partial charge in [0.25, 0.3) is 0 Å². The van der Waals surface area contributed by atoms with E-state index in [0.717, 1.165) is 42.9 Å². The van der Waals surface area contributed by atoms with Crippen molar-refractivity contribution >= 4 is 10.4 Å². The van der Waals surface area contributed by atoms with E-state index in [0.29, 0.717) is 5.41 Å². The normalized spacial score (nSPS) is 31.0. The highest BCUT2D eigenvalue weighted by Crippen LogP contribution is 2.59. The second-order valence-corrected chi connectivity index (χ2v) is 13.5. The van der Waals surface area contributed by atoms with Crippen LogP contribution in [0.15, 0.2) is 35.5 Å². The minimum atomic E-state index is -4.67. The van der Waals surface area contributed by atoms with Gasteiger partial charge in [-0.3, -0.25) is 9.11 Å². The zero-order valence-electron chi connectivity index (χ0n) is 24.5. The second kappa shape index (κ2) is 15.6. The highest BCUT2D eigenvalue weighted by molar-refractivity contribution is 7.79. The van der Waals surface area contributed by atoms with Crippen molar-refractivity contribution in [1.82, 2.24) is 4.90 Å². The molecule has 0 aromatic carbocycles. The summed E-state index contributed by atoms with van der Waals surface area (Å²) in [6.07, 6.45) is 18.2. The summed E-state index contributed by atoms with van der Waals surface area (Å²) in [6, 6.07) is 0. The zero-order chi connectivity index (χ0) is 28.4. The molecule has 0 aromatic heterocycles. The lowest BCUT2D eigenvalue weighted by Crippen LogP contribution is -2.36. The van der Waals surface area contributed by atoms with Crippen LogP contribution < -0.4 is 0 Å². The molecule has 3 fully saturated rings. The molecule has 0 bridgehead atoms. The van der Waals surface area contributed by atoms with E-state index in [-0.39, 0.29) is 6.10 Å². The molecule has 3 N–H and O–H groups in total. The molecule has 3 aliphatic rings. The van der Waals surface area contributed by atoms with E-state index >= 15 is 0 Å². The van der Waals surface area contributed by atoms with Gasteiger partial charge in [0.2, 0.25) is 0 Å². The number of allylic oxidation sites excluding steroid dienone is 4. The van der Waals surface area contributed by atoms with Gasteiger partial charge in [0, 0.05) is 0 Å². The molecule has 1 unspecified atom stereocenters. The molecule has 7 heteroatoms. The van der Waals surface area contributed by atoms with Gasteiger partial charge in [0.15, 0.2) is 0 Å². The number of aliphatic hydroxyl groups excluding tert-OH is 1. The number of hydrogen-bond donors (Lipinski definition) is 3. The van der Waals surface area contributed by atoms with Gasteiger partial charge >= 0.3 is 10.4 Å². The van der Waals surface area contributed by atoms with Crippen LogP contribution in [0.5, 0.6) is 0 Å². The molecule has 0 aliphatic heterocycles. The van der Waals surface area contributed by atoms with Crippen LogP contribution in [0, 0.1) is 29.1 Å². The third-order valence-corrected chi connectivity index (χ3v) is 8.35. The number of aliphatic hydroxyl groups is 1. The molecule has 3 aliphatic carbocycles. The summed E-state index contributed by atoms with van der Waals surface area (Å²) in [7, 11) is 1.33. The lowest BCUT2D eigenvalue weighted by Gasteiger charge is -2.44. The predicted octanol–water partition coefficient (Wildman–Crippen LogP) is 7.14. The molecule has 5 atom stereocenters. The highest BCUT2D eigenvalue weighted by Gasteiger charge is 2.50. The Bertz CT molecular complexity index is 866. The molecule has 0 heterocycles. The van der Waals surface area contributed by atoms with Gasteiger partial charge in [-0.05, 0) is 107 Å². The van der Waals surface area contributed by atoms with Crippen molar-refractivity contribution in [2.45, 2.75) is 104 Å². The van der Waals surface area contributed by atoms with Gasteiger partial charge in [0.1, 0.15) is 0 Å². The summed E-state index contributed by atoms with van der Waals surface area (Å²) in [5.41, 5.74) is 4.72. The third-order valence-electron chi connectivity index (χ3n) is 8.35. The lowest BCUT2D eigenvalue weighted by molar-refractivity contribution is 0.0928. The molecule has 0 spiro atoms. The fourth-order valence-corrected chi connectivity index (χ4v) is 6.66. The minimum absolute atomic E-state index is 0.172. The Morgan fingerprint density at radius 1 is 1.05 bits per heavy atom. The van der Waals surface area contributed by atoms with Gasteiger partial charge in [-0.25, -0.2) is 0 Å². The lowest BCUT2D eigenvalue weighted by atomic mass is 9.60. The quantitative estimate of drug-likeness (QED) is 0.309. The molecule has 0 amide bonds. The first-order chi connectivity index (χ1) is 17.0. The summed E-state index contributed by atoms with van der Waals surface area (Å²) in [4.78, 5) is 2.00. The van der Waals surface area contributed by atoms with E-state index in [4.69, 9.17) is 17.5 Å². The van der Waals surface area contributed by atoms with Gasteiger partial charge in [-0.1, -0.05) is 76.8 Å². The van der Waals surface area contributed by atoms with Gasteiger partial charge in [-0.15, -0.1) is 0 Å². The average molecular weight is 542 g/mol. The van der Waals surface area contributed by atoms with Crippen molar-refractivity contribution in [2.75, 3.05) is 21.1 Å². The maximum absolute atomic E-state index is 10.0. The molecule has 6 nitrogen and oxygen atoms in total. The zero-order valence-corrected chi connectivity index (χ0v) is 25.4. The largest absolute Gasteiger partial charge is 0.394 e. The van der Waals surface area contributed by atoms with E-state index in [1.807, 2.05) is 26.0 Å². The fraction of sp³-hybridized carbons (Fsp3) is 0.800. The molecule has 37 heavy (non-hydrogen) atoms. The molecular formula is C30H55NO5S. The number of rotatable bonds is 6. The molecule has 3 saturated carbocycles. The van der Waals surface area contributed by atoms with Gasteiger partial charge in [-0.2, -0.15) is 8.42 Å². The van der Waals surface area contributed by atoms with E-state index < -0.39 is 10.4 Å². The van der Waals surface area contributed by atoms with Crippen molar-refractivity contribution in [3.05, 3.63) is 35.5 Å². The Labute approximate surface area is 227 Å². The Hall–Kier alpha value is -0.990. The average Bonchev–Trinajstić information content (AvgIpc) is 3.10. The van der Waals surface area contributed by atoms with Crippen LogP contribution in [0.2, 0.25) is 0 Å². The Morgan fingerprint density at radius 2 is 1.65 bits per heavy atom. The van der Waals surface area contributed by atoms with Crippen molar-refractivity contribution in [3.63, 3.8) is 0 Å². The van der Waals surface area contributed by atoms with Crippen molar-refractivity contribution < 1.29 is 22.6 Å². The topological polar surface area (TPSA) is 98.1 Å². The summed E-state index contributed by atoms with van der Waals surface area (Å²) in [5, 5.41) is 10.0. The predicted molar refractivity (Wildman–Crippen MR) is 155 cm³/mol. The van der Waals surface area contributed by atoms with E-state index in [1.165, 1.54) is 62.5 Å². The SMILES string of the molecule is C=C1CC[C@H](O)C/C1=C\C=C1/CCC[C@]2(C)[C@@H](C(C)CCCC(C)C)CC[C@@H]12.CN(C)C.O=S(=O)(O)O. The van der Waals surface area contributed by atoms with Gasteiger partial charge in [0.05, 0.1) is 6.10 Å². The smallest absolute Gasteiger partial charge is 0.393 e. The summed E-state index contributed by atoms with van der Waals surface area (Å²) in [6.45, 7) is 14.1. The van der Waals surface area contributed by atoms with Crippen molar-refractivity contribution in [2.24, 2.45) is 29.1 Å². The maximum Gasteiger partial charge on any atom is 0.394 e.